The summed E-state index contributed by atoms with van der Waals surface area (Å²) in [5, 5.41) is 1.99. The van der Waals surface area contributed by atoms with Crippen LogP contribution in [-0.4, -0.2) is 17.6 Å². The third-order valence-corrected chi connectivity index (χ3v) is 6.80. The van der Waals surface area contributed by atoms with Gasteiger partial charge in [0.05, 0.1) is 17.8 Å². The van der Waals surface area contributed by atoms with Gasteiger partial charge in [-0.25, -0.2) is 4.98 Å². The van der Waals surface area contributed by atoms with Gasteiger partial charge in [0.25, 0.3) is 0 Å². The molecule has 31 heavy (non-hydrogen) atoms. The van der Waals surface area contributed by atoms with Crippen molar-refractivity contribution < 1.29 is 14.3 Å². The minimum Gasteiger partial charge on any atom is -0.467 e. The molecule has 0 radical (unpaired) electrons. The van der Waals surface area contributed by atoms with E-state index in [1.807, 2.05) is 78.5 Å². The van der Waals surface area contributed by atoms with Gasteiger partial charge in [0.1, 0.15) is 5.75 Å². The summed E-state index contributed by atoms with van der Waals surface area (Å²) in [4.78, 5) is 20.0. The zero-order valence-corrected chi connectivity index (χ0v) is 18.5. The Bertz CT molecular complexity index is 1260. The number of Topliss-reactive ketones (excluding diaryl/α,β-unsaturated/α-hetero) is 1. The molecule has 0 aliphatic heterocycles. The molecule has 0 fully saturated rings. The van der Waals surface area contributed by atoms with Crippen molar-refractivity contribution in [3.8, 4) is 5.75 Å². The lowest BCUT2D eigenvalue weighted by Crippen LogP contribution is -2.05. The number of aryl methyl sites for hydroxylation is 1. The van der Waals surface area contributed by atoms with Gasteiger partial charge in [-0.1, -0.05) is 48.5 Å². The molecule has 0 spiro atoms. The van der Waals surface area contributed by atoms with E-state index in [0.717, 1.165) is 32.1 Å². The number of benzene rings is 2. The van der Waals surface area contributed by atoms with Crippen LogP contribution in [0.25, 0.3) is 11.1 Å². The second kappa shape index (κ2) is 8.59. The van der Waals surface area contributed by atoms with E-state index in [0.29, 0.717) is 23.5 Å². The molecule has 6 heteroatoms. The van der Waals surface area contributed by atoms with Crippen LogP contribution >= 0.6 is 22.7 Å². The van der Waals surface area contributed by atoms with Crippen LogP contribution in [-0.2, 0) is 11.3 Å². The van der Waals surface area contributed by atoms with E-state index in [1.54, 1.807) is 22.7 Å². The van der Waals surface area contributed by atoms with E-state index in [4.69, 9.17) is 9.47 Å². The molecule has 0 saturated heterocycles. The van der Waals surface area contributed by atoms with Gasteiger partial charge in [0, 0.05) is 32.0 Å². The Labute approximate surface area is 188 Å². The van der Waals surface area contributed by atoms with Crippen molar-refractivity contribution >= 4 is 39.6 Å². The van der Waals surface area contributed by atoms with Gasteiger partial charge >= 0.3 is 0 Å². The number of allylic oxidation sites excluding steroid dienone is 1. The predicted octanol–water partition coefficient (Wildman–Crippen LogP) is 6.22. The summed E-state index contributed by atoms with van der Waals surface area (Å²) in [5.74, 6) is 0.642. The fourth-order valence-electron chi connectivity index (χ4n) is 3.75. The number of ketones is 1. The van der Waals surface area contributed by atoms with Crippen molar-refractivity contribution in [1.82, 2.24) is 4.98 Å². The van der Waals surface area contributed by atoms with Crippen LogP contribution in [0.4, 0.5) is 0 Å². The van der Waals surface area contributed by atoms with Gasteiger partial charge in [0.15, 0.2) is 12.6 Å². The first-order valence-corrected chi connectivity index (χ1v) is 11.6. The van der Waals surface area contributed by atoms with Gasteiger partial charge in [-0.2, -0.15) is 0 Å². The summed E-state index contributed by atoms with van der Waals surface area (Å²) in [6, 6.07) is 19.5. The van der Waals surface area contributed by atoms with E-state index >= 15 is 0 Å². The predicted molar refractivity (Wildman–Crippen MR) is 125 cm³/mol. The lowest BCUT2D eigenvalue weighted by molar-refractivity contribution is 0.00488. The molecule has 0 amide bonds. The van der Waals surface area contributed by atoms with Crippen molar-refractivity contribution in [2.75, 3.05) is 6.79 Å². The third kappa shape index (κ3) is 3.74. The highest BCUT2D eigenvalue weighted by atomic mass is 32.1. The number of thiophene rings is 1. The summed E-state index contributed by atoms with van der Waals surface area (Å²) in [7, 11) is 0. The minimum absolute atomic E-state index is 0.00973. The van der Waals surface area contributed by atoms with Crippen LogP contribution in [0.5, 0.6) is 5.75 Å². The standard InChI is InChI=1S/C25H19NO3S2/c1-16-24(26-14-31-16)23-21-18(25(27)22(23)20-11-6-12-30-20)9-5-10-19(21)29-15-28-13-17-7-3-2-4-8-17/h2-12,14H,13,15H2,1H3. The van der Waals surface area contributed by atoms with E-state index in [2.05, 4.69) is 4.98 Å². The Morgan fingerprint density at radius 1 is 0.935 bits per heavy atom. The molecular weight excluding hydrogens is 426 g/mol. The van der Waals surface area contributed by atoms with Gasteiger partial charge < -0.3 is 9.47 Å². The normalized spacial score (nSPS) is 13.0. The van der Waals surface area contributed by atoms with Crippen molar-refractivity contribution in [2.45, 2.75) is 13.5 Å². The van der Waals surface area contributed by atoms with E-state index in [1.165, 1.54) is 0 Å². The summed E-state index contributed by atoms with van der Waals surface area (Å²) < 4.78 is 11.7. The fraction of sp³-hybridized carbons (Fsp3) is 0.120. The molecule has 0 saturated carbocycles. The first-order valence-electron chi connectivity index (χ1n) is 9.85. The van der Waals surface area contributed by atoms with E-state index < -0.39 is 0 Å². The van der Waals surface area contributed by atoms with E-state index in [-0.39, 0.29) is 12.6 Å². The minimum atomic E-state index is 0.00973. The fourth-order valence-corrected chi connectivity index (χ4v) is 5.10. The molecule has 4 aromatic rings. The number of hydrogen-bond acceptors (Lipinski definition) is 6. The summed E-state index contributed by atoms with van der Waals surface area (Å²) in [5.41, 5.74) is 6.72. The highest BCUT2D eigenvalue weighted by Crippen LogP contribution is 2.47. The van der Waals surface area contributed by atoms with Crippen LogP contribution in [0.2, 0.25) is 0 Å². The Hall–Kier alpha value is -3.06. The molecular formula is C25H19NO3S2. The number of thiazole rings is 1. The number of rotatable bonds is 7. The molecule has 2 aromatic heterocycles. The zero-order valence-electron chi connectivity index (χ0n) is 16.8. The van der Waals surface area contributed by atoms with Gasteiger partial charge in [-0.15, -0.1) is 22.7 Å². The molecule has 2 heterocycles. The zero-order chi connectivity index (χ0) is 21.2. The lowest BCUT2D eigenvalue weighted by Gasteiger charge is -2.13. The van der Waals surface area contributed by atoms with Gasteiger partial charge in [-0.3, -0.25) is 4.79 Å². The molecule has 1 aliphatic carbocycles. The largest absolute Gasteiger partial charge is 0.467 e. The molecule has 0 unspecified atom stereocenters. The van der Waals surface area contributed by atoms with Gasteiger partial charge in [0.2, 0.25) is 0 Å². The second-order valence-electron chi connectivity index (χ2n) is 7.09. The lowest BCUT2D eigenvalue weighted by atomic mass is 10.00. The quantitative estimate of drug-likeness (QED) is 0.250. The first kappa shape index (κ1) is 19.9. The number of fused-ring (bicyclic) bond motifs is 1. The summed E-state index contributed by atoms with van der Waals surface area (Å²) >= 11 is 3.13. The van der Waals surface area contributed by atoms with Crippen LogP contribution in [0.15, 0.2) is 71.6 Å². The van der Waals surface area contributed by atoms with Crippen LogP contribution in [0.1, 0.15) is 36.9 Å². The molecule has 0 atom stereocenters. The van der Waals surface area contributed by atoms with Crippen molar-refractivity contribution in [3.63, 3.8) is 0 Å². The third-order valence-electron chi connectivity index (χ3n) is 5.16. The number of hydrogen-bond donors (Lipinski definition) is 0. The number of carbonyl (C=O) groups excluding carboxylic acids is 1. The van der Waals surface area contributed by atoms with Crippen molar-refractivity contribution in [2.24, 2.45) is 0 Å². The Balaban J connectivity index is 1.50. The topological polar surface area (TPSA) is 48.4 Å². The van der Waals surface area contributed by atoms with Crippen LogP contribution in [0.3, 0.4) is 0 Å². The maximum absolute atomic E-state index is 13.4. The molecule has 4 nitrogen and oxygen atoms in total. The molecule has 2 aromatic carbocycles. The molecule has 154 valence electrons. The van der Waals surface area contributed by atoms with Crippen LogP contribution < -0.4 is 4.74 Å². The number of carbonyl (C=O) groups is 1. The highest BCUT2D eigenvalue weighted by Gasteiger charge is 2.35. The Kier molecular flexibility index (Phi) is 5.51. The Morgan fingerprint density at radius 2 is 1.81 bits per heavy atom. The average Bonchev–Trinajstić information content (AvgIpc) is 3.52. The number of nitrogens with zero attached hydrogens (tertiary/aromatic N) is 1. The summed E-state index contributed by atoms with van der Waals surface area (Å²) in [6.45, 7) is 2.58. The molecule has 1 aliphatic rings. The first-order chi connectivity index (χ1) is 15.2. The monoisotopic (exact) mass is 445 g/mol. The van der Waals surface area contributed by atoms with Crippen molar-refractivity contribution in [3.05, 3.63) is 104 Å². The van der Waals surface area contributed by atoms with E-state index in [9.17, 15) is 4.79 Å². The SMILES string of the molecule is Cc1scnc1C1=C(c2cccs2)C(=O)c2cccc(OCOCc3ccccc3)c21. The average molecular weight is 446 g/mol. The second-order valence-corrected chi connectivity index (χ2v) is 9.10. The van der Waals surface area contributed by atoms with Crippen molar-refractivity contribution in [1.29, 1.82) is 0 Å². The van der Waals surface area contributed by atoms with Gasteiger partial charge in [-0.05, 0) is 30.0 Å². The molecule has 5 rings (SSSR count). The molecule has 0 N–H and O–H groups in total. The maximum atomic E-state index is 13.4. The Morgan fingerprint density at radius 3 is 2.55 bits per heavy atom. The smallest absolute Gasteiger partial charge is 0.195 e. The molecule has 0 bridgehead atoms. The highest BCUT2D eigenvalue weighted by molar-refractivity contribution is 7.12. The number of ether oxygens (including phenoxy) is 2. The summed E-state index contributed by atoms with van der Waals surface area (Å²) in [6.07, 6.45) is 0. The maximum Gasteiger partial charge on any atom is 0.195 e. The number of aromatic nitrogens is 1. The van der Waals surface area contributed by atoms with Crippen LogP contribution in [0, 0.1) is 6.92 Å².